The monoisotopic (exact) mass is 482 g/mol. The van der Waals surface area contributed by atoms with Gasteiger partial charge in [0.25, 0.3) is 0 Å². The zero-order valence-corrected chi connectivity index (χ0v) is 20.2. The first-order valence-electron chi connectivity index (χ1n) is 12.3. The van der Waals surface area contributed by atoms with Crippen LogP contribution in [0.5, 0.6) is 0 Å². The first-order valence-corrected chi connectivity index (χ1v) is 12.3. The molecule has 1 atom stereocenters. The minimum Gasteiger partial charge on any atom is -0.343 e. The van der Waals surface area contributed by atoms with Crippen LogP contribution in [0.2, 0.25) is 0 Å². The van der Waals surface area contributed by atoms with Gasteiger partial charge in [-0.1, -0.05) is 6.07 Å². The van der Waals surface area contributed by atoms with Gasteiger partial charge in [-0.3, -0.25) is 19.7 Å². The Labute approximate surface area is 207 Å². The second-order valence-corrected chi connectivity index (χ2v) is 10.2. The molecule has 2 amide bonds. The van der Waals surface area contributed by atoms with Crippen LogP contribution < -0.4 is 5.32 Å². The summed E-state index contributed by atoms with van der Waals surface area (Å²) in [5.74, 6) is 1.37. The van der Waals surface area contributed by atoms with Crippen molar-refractivity contribution in [2.24, 2.45) is 0 Å². The number of piperidine rings is 1. The first-order chi connectivity index (χ1) is 17.5. The quantitative estimate of drug-likeness (QED) is 0.453. The number of aryl methyl sites for hydroxylation is 2. The summed E-state index contributed by atoms with van der Waals surface area (Å²) in [5.41, 5.74) is 5.60. The second kappa shape index (κ2) is 7.46. The Bertz CT molecular complexity index is 1560. The van der Waals surface area contributed by atoms with Crippen molar-refractivity contribution in [1.82, 2.24) is 34.6 Å². The molecule has 36 heavy (non-hydrogen) atoms. The van der Waals surface area contributed by atoms with Gasteiger partial charge in [0.1, 0.15) is 5.82 Å². The van der Waals surface area contributed by atoms with E-state index in [-0.39, 0.29) is 17.7 Å². The molecule has 3 aliphatic rings. The van der Waals surface area contributed by atoms with Crippen LogP contribution in [0.4, 0.5) is 5.82 Å². The number of likely N-dealkylation sites (tertiary alicyclic amines) is 1. The van der Waals surface area contributed by atoms with E-state index in [0.29, 0.717) is 43.9 Å². The predicted molar refractivity (Wildman–Crippen MR) is 132 cm³/mol. The van der Waals surface area contributed by atoms with E-state index in [1.165, 1.54) is 5.56 Å². The maximum atomic E-state index is 13.7. The third-order valence-electron chi connectivity index (χ3n) is 8.34. The summed E-state index contributed by atoms with van der Waals surface area (Å²) in [5, 5.41) is 11.4. The van der Waals surface area contributed by atoms with Crippen LogP contribution in [-0.2, 0) is 21.5 Å². The van der Waals surface area contributed by atoms with Crippen LogP contribution in [0, 0.1) is 13.8 Å². The summed E-state index contributed by atoms with van der Waals surface area (Å²) < 4.78 is 2.21. The minimum absolute atomic E-state index is 0.0610. The van der Waals surface area contributed by atoms with E-state index >= 15 is 0 Å². The summed E-state index contributed by atoms with van der Waals surface area (Å²) in [6.07, 6.45) is 8.40. The molecule has 182 valence electrons. The van der Waals surface area contributed by atoms with Crippen LogP contribution in [0.3, 0.4) is 0 Å². The Kier molecular flexibility index (Phi) is 4.40. The van der Waals surface area contributed by atoms with Crippen molar-refractivity contribution < 1.29 is 9.59 Å². The number of anilines is 1. The standard InChI is InChI=1S/C26H26N8O2/c1-14-9-16-17(24-29-11-15(2)34(24)13-19(16)18-12-30-32-21(14)18)10-20(35)33-7-3-26(4-8-33)22-23(31-25(26)36)28-6-5-27-22/h5-6,9,11-12,17H,3-4,7-8,10,13H2,1-2H3,(H,30,32)(H,28,31,36). The number of hydrogen-bond acceptors (Lipinski definition) is 6. The molecule has 3 aromatic heterocycles. The molecule has 1 spiro atoms. The molecule has 0 bridgehead atoms. The molecular formula is C26H26N8O2. The smallest absolute Gasteiger partial charge is 0.238 e. The summed E-state index contributed by atoms with van der Waals surface area (Å²) in [4.78, 5) is 41.9. The number of nitrogens with zero attached hydrogens (tertiary/aromatic N) is 6. The highest BCUT2D eigenvalue weighted by Crippen LogP contribution is 2.44. The number of carbonyl (C=O) groups is 2. The van der Waals surface area contributed by atoms with Crippen LogP contribution in [0.15, 0.2) is 30.9 Å². The third kappa shape index (κ3) is 2.84. The molecule has 10 nitrogen and oxygen atoms in total. The van der Waals surface area contributed by atoms with Crippen LogP contribution >= 0.6 is 0 Å². The van der Waals surface area contributed by atoms with Crippen molar-refractivity contribution in [2.45, 2.75) is 51.0 Å². The van der Waals surface area contributed by atoms with Gasteiger partial charge in [0.2, 0.25) is 11.8 Å². The molecule has 0 saturated carbocycles. The molecule has 1 aromatic carbocycles. The van der Waals surface area contributed by atoms with E-state index in [4.69, 9.17) is 4.98 Å². The lowest BCUT2D eigenvalue weighted by atomic mass is 9.76. The Morgan fingerprint density at radius 3 is 2.78 bits per heavy atom. The van der Waals surface area contributed by atoms with Gasteiger partial charge >= 0.3 is 0 Å². The van der Waals surface area contributed by atoms with Crippen LogP contribution in [0.25, 0.3) is 10.9 Å². The Morgan fingerprint density at radius 1 is 1.14 bits per heavy atom. The number of aromatic amines is 1. The van der Waals surface area contributed by atoms with E-state index in [2.05, 4.69) is 50.0 Å². The van der Waals surface area contributed by atoms with Crippen LogP contribution in [0.1, 0.15) is 59.1 Å². The van der Waals surface area contributed by atoms with Gasteiger partial charge in [0, 0.05) is 49.2 Å². The van der Waals surface area contributed by atoms with Gasteiger partial charge in [-0.2, -0.15) is 5.10 Å². The highest BCUT2D eigenvalue weighted by Gasteiger charge is 2.51. The number of nitrogens with one attached hydrogen (secondary N) is 2. The molecule has 1 fully saturated rings. The number of imidazole rings is 1. The van der Waals surface area contributed by atoms with E-state index in [9.17, 15) is 9.59 Å². The summed E-state index contributed by atoms with van der Waals surface area (Å²) in [6.45, 7) is 5.87. The first kappa shape index (κ1) is 21.2. The highest BCUT2D eigenvalue weighted by atomic mass is 16.2. The van der Waals surface area contributed by atoms with Crippen molar-refractivity contribution in [3.8, 4) is 0 Å². The molecule has 6 heterocycles. The molecule has 0 aliphatic carbocycles. The summed E-state index contributed by atoms with van der Waals surface area (Å²) >= 11 is 0. The SMILES string of the molecule is Cc1cc2c(c3cn[nH]c13)Cn1c(C)cnc1C2CC(=O)N1CCC2(CC1)C(=O)Nc1nccnc12. The van der Waals surface area contributed by atoms with Gasteiger partial charge in [0.15, 0.2) is 5.82 Å². The number of amides is 2. The van der Waals surface area contributed by atoms with Crippen molar-refractivity contribution >= 4 is 28.5 Å². The van der Waals surface area contributed by atoms with Crippen molar-refractivity contribution in [3.05, 3.63) is 64.8 Å². The number of fused-ring (bicyclic) bond motifs is 6. The molecule has 1 saturated heterocycles. The lowest BCUT2D eigenvalue weighted by Crippen LogP contribution is -2.48. The van der Waals surface area contributed by atoms with E-state index in [0.717, 1.165) is 40.1 Å². The van der Waals surface area contributed by atoms with E-state index < -0.39 is 5.41 Å². The van der Waals surface area contributed by atoms with Gasteiger partial charge in [-0.25, -0.2) is 9.97 Å². The maximum absolute atomic E-state index is 13.7. The van der Waals surface area contributed by atoms with E-state index in [1.54, 1.807) is 12.4 Å². The lowest BCUT2D eigenvalue weighted by Gasteiger charge is -2.38. The van der Waals surface area contributed by atoms with Gasteiger partial charge in [-0.05, 0) is 43.4 Å². The third-order valence-corrected chi connectivity index (χ3v) is 8.34. The molecular weight excluding hydrogens is 456 g/mol. The molecule has 2 N–H and O–H groups in total. The molecule has 10 heteroatoms. The van der Waals surface area contributed by atoms with Gasteiger partial charge in [0.05, 0.1) is 35.3 Å². The van der Waals surface area contributed by atoms with Crippen molar-refractivity contribution in [1.29, 1.82) is 0 Å². The second-order valence-electron chi connectivity index (χ2n) is 10.2. The molecule has 4 aromatic rings. The number of benzene rings is 1. The number of hydrogen-bond donors (Lipinski definition) is 2. The fourth-order valence-electron chi connectivity index (χ4n) is 6.33. The molecule has 3 aliphatic heterocycles. The normalized spacial score (nSPS) is 19.8. The van der Waals surface area contributed by atoms with Crippen molar-refractivity contribution in [2.75, 3.05) is 18.4 Å². The Morgan fingerprint density at radius 2 is 1.94 bits per heavy atom. The Balaban J connectivity index is 1.18. The average molecular weight is 483 g/mol. The predicted octanol–water partition coefficient (Wildman–Crippen LogP) is 2.56. The zero-order valence-electron chi connectivity index (χ0n) is 20.2. The van der Waals surface area contributed by atoms with Crippen molar-refractivity contribution in [3.63, 3.8) is 0 Å². The summed E-state index contributed by atoms with van der Waals surface area (Å²) in [7, 11) is 0. The molecule has 0 radical (unpaired) electrons. The zero-order chi connectivity index (χ0) is 24.6. The fraction of sp³-hybridized carbons (Fsp3) is 0.385. The Hall–Kier alpha value is -4.08. The van der Waals surface area contributed by atoms with Gasteiger partial charge in [-0.15, -0.1) is 0 Å². The number of carbonyl (C=O) groups excluding carboxylic acids is 2. The minimum atomic E-state index is -0.699. The topological polar surface area (TPSA) is 122 Å². The number of H-pyrrole nitrogens is 1. The van der Waals surface area contributed by atoms with Crippen LogP contribution in [-0.4, -0.2) is 59.5 Å². The van der Waals surface area contributed by atoms with E-state index in [1.807, 2.05) is 17.3 Å². The highest BCUT2D eigenvalue weighted by molar-refractivity contribution is 6.04. The molecule has 7 rings (SSSR count). The lowest BCUT2D eigenvalue weighted by molar-refractivity contribution is -0.135. The molecule has 1 unspecified atom stereocenters. The number of aromatic nitrogens is 6. The maximum Gasteiger partial charge on any atom is 0.238 e. The fourth-order valence-corrected chi connectivity index (χ4v) is 6.33. The summed E-state index contributed by atoms with van der Waals surface area (Å²) in [6, 6.07) is 2.19. The van der Waals surface area contributed by atoms with Gasteiger partial charge < -0.3 is 14.8 Å². The largest absolute Gasteiger partial charge is 0.343 e. The average Bonchev–Trinajstić information content (AvgIpc) is 3.58. The number of rotatable bonds is 2.